The molecule has 1 amide bonds. The average molecular weight is 300 g/mol. The van der Waals surface area contributed by atoms with Gasteiger partial charge in [-0.05, 0) is 6.07 Å². The van der Waals surface area contributed by atoms with Crippen LogP contribution in [0.25, 0.3) is 0 Å². The fourth-order valence-electron chi connectivity index (χ4n) is 1.78. The van der Waals surface area contributed by atoms with E-state index in [0.29, 0.717) is 18.9 Å². The SMILES string of the molecule is O=C(NCc1ncccn1)[C@H]1CN=C(c2cncnc2)S1. The molecule has 0 unspecified atom stereocenters. The van der Waals surface area contributed by atoms with Gasteiger partial charge in [-0.3, -0.25) is 9.79 Å². The normalized spacial score (nSPS) is 17.3. The lowest BCUT2D eigenvalue weighted by Gasteiger charge is -2.08. The second-order valence-corrected chi connectivity index (χ2v) is 5.45. The first-order valence-electron chi connectivity index (χ1n) is 6.33. The highest BCUT2D eigenvalue weighted by Crippen LogP contribution is 2.25. The van der Waals surface area contributed by atoms with Crippen molar-refractivity contribution in [1.82, 2.24) is 25.3 Å². The number of amides is 1. The molecule has 3 heterocycles. The van der Waals surface area contributed by atoms with Crippen LogP contribution in [-0.2, 0) is 11.3 Å². The molecule has 3 rings (SSSR count). The van der Waals surface area contributed by atoms with Crippen molar-refractivity contribution in [3.8, 4) is 0 Å². The fourth-order valence-corrected chi connectivity index (χ4v) is 2.78. The second kappa shape index (κ2) is 6.40. The first-order valence-corrected chi connectivity index (χ1v) is 7.21. The maximum absolute atomic E-state index is 12.1. The van der Waals surface area contributed by atoms with Crippen molar-refractivity contribution in [1.29, 1.82) is 0 Å². The zero-order valence-electron chi connectivity index (χ0n) is 11.0. The number of hydrogen-bond acceptors (Lipinski definition) is 7. The van der Waals surface area contributed by atoms with Crippen molar-refractivity contribution in [3.63, 3.8) is 0 Å². The lowest BCUT2D eigenvalue weighted by atomic mass is 10.3. The Morgan fingerprint density at radius 3 is 2.81 bits per heavy atom. The molecule has 0 saturated carbocycles. The Bertz CT molecular complexity index is 648. The molecule has 21 heavy (non-hydrogen) atoms. The molecule has 106 valence electrons. The van der Waals surface area contributed by atoms with Crippen LogP contribution in [0.15, 0.2) is 42.2 Å². The molecule has 0 bridgehead atoms. The van der Waals surface area contributed by atoms with Gasteiger partial charge in [0.05, 0.1) is 13.1 Å². The van der Waals surface area contributed by atoms with Crippen LogP contribution in [0.1, 0.15) is 11.4 Å². The molecule has 8 heteroatoms. The average Bonchev–Trinajstić information content (AvgIpc) is 3.04. The van der Waals surface area contributed by atoms with Gasteiger partial charge in [-0.1, -0.05) is 11.8 Å². The van der Waals surface area contributed by atoms with Gasteiger partial charge in [0, 0.05) is 30.4 Å². The molecule has 1 aliphatic heterocycles. The highest BCUT2D eigenvalue weighted by Gasteiger charge is 2.27. The number of aliphatic imine (C=N–C) groups is 1. The van der Waals surface area contributed by atoms with Crippen molar-refractivity contribution in [2.75, 3.05) is 6.54 Å². The van der Waals surface area contributed by atoms with E-state index < -0.39 is 0 Å². The Morgan fingerprint density at radius 2 is 2.05 bits per heavy atom. The third-order valence-electron chi connectivity index (χ3n) is 2.79. The molecule has 0 saturated heterocycles. The number of carbonyl (C=O) groups is 1. The van der Waals surface area contributed by atoms with E-state index in [0.717, 1.165) is 10.6 Å². The molecular formula is C13H12N6OS. The number of rotatable bonds is 4. The number of carbonyl (C=O) groups excluding carboxylic acids is 1. The smallest absolute Gasteiger partial charge is 0.235 e. The van der Waals surface area contributed by atoms with E-state index >= 15 is 0 Å². The Hall–Kier alpha value is -2.35. The number of thioether (sulfide) groups is 1. The fraction of sp³-hybridized carbons (Fsp3) is 0.231. The van der Waals surface area contributed by atoms with Crippen molar-refractivity contribution in [2.24, 2.45) is 4.99 Å². The summed E-state index contributed by atoms with van der Waals surface area (Å²) in [6.45, 7) is 0.775. The van der Waals surface area contributed by atoms with Gasteiger partial charge >= 0.3 is 0 Å². The summed E-state index contributed by atoms with van der Waals surface area (Å²) in [7, 11) is 0. The topological polar surface area (TPSA) is 93.0 Å². The Balaban J connectivity index is 1.54. The standard InChI is InChI=1S/C13H12N6OS/c20-12(18-7-11-16-2-1-3-17-11)10-6-19-13(21-10)9-4-14-8-15-5-9/h1-5,8,10H,6-7H2,(H,18,20)/t10-/m1/s1. The molecule has 1 aliphatic rings. The zero-order chi connectivity index (χ0) is 14.5. The number of hydrogen-bond donors (Lipinski definition) is 1. The van der Waals surface area contributed by atoms with Crippen molar-refractivity contribution < 1.29 is 4.79 Å². The van der Waals surface area contributed by atoms with Gasteiger partial charge in [0.25, 0.3) is 0 Å². The van der Waals surface area contributed by atoms with Crippen LogP contribution in [-0.4, -0.2) is 42.7 Å². The maximum Gasteiger partial charge on any atom is 0.235 e. The van der Waals surface area contributed by atoms with Gasteiger partial charge in [0.15, 0.2) is 0 Å². The molecule has 0 aromatic carbocycles. The van der Waals surface area contributed by atoms with Crippen molar-refractivity contribution >= 4 is 22.7 Å². The van der Waals surface area contributed by atoms with Crippen LogP contribution in [0.5, 0.6) is 0 Å². The van der Waals surface area contributed by atoms with Gasteiger partial charge in [-0.25, -0.2) is 19.9 Å². The quantitative estimate of drug-likeness (QED) is 0.881. The molecule has 0 spiro atoms. The summed E-state index contributed by atoms with van der Waals surface area (Å²) in [6, 6.07) is 1.74. The predicted octanol–water partition coefficient (Wildman–Crippen LogP) is 0.445. The van der Waals surface area contributed by atoms with Crippen LogP contribution in [0, 0.1) is 0 Å². The third kappa shape index (κ3) is 3.40. The minimum Gasteiger partial charge on any atom is -0.348 e. The third-order valence-corrected chi connectivity index (χ3v) is 4.03. The summed E-state index contributed by atoms with van der Waals surface area (Å²) in [6.07, 6.45) is 8.15. The highest BCUT2D eigenvalue weighted by molar-refractivity contribution is 8.15. The van der Waals surface area contributed by atoms with Gasteiger partial charge in [-0.2, -0.15) is 0 Å². The first-order chi connectivity index (χ1) is 10.3. The van der Waals surface area contributed by atoms with E-state index in [-0.39, 0.29) is 11.2 Å². The number of nitrogens with one attached hydrogen (secondary N) is 1. The van der Waals surface area contributed by atoms with Gasteiger partial charge in [0.1, 0.15) is 22.4 Å². The lowest BCUT2D eigenvalue weighted by Crippen LogP contribution is -2.33. The minimum atomic E-state index is -0.232. The molecule has 2 aromatic heterocycles. The van der Waals surface area contributed by atoms with E-state index in [1.807, 2.05) is 0 Å². The molecular weight excluding hydrogens is 288 g/mol. The molecule has 1 N–H and O–H groups in total. The molecule has 7 nitrogen and oxygen atoms in total. The molecule has 0 fully saturated rings. The molecule has 0 radical (unpaired) electrons. The summed E-state index contributed by atoms with van der Waals surface area (Å²) in [4.78, 5) is 32.5. The van der Waals surface area contributed by atoms with E-state index in [4.69, 9.17) is 0 Å². The first kappa shape index (κ1) is 13.6. The van der Waals surface area contributed by atoms with Gasteiger partial charge in [0.2, 0.25) is 5.91 Å². The van der Waals surface area contributed by atoms with Crippen molar-refractivity contribution in [3.05, 3.63) is 48.6 Å². The highest BCUT2D eigenvalue weighted by atomic mass is 32.2. The summed E-state index contributed by atoms with van der Waals surface area (Å²) in [5.41, 5.74) is 0.837. The molecule has 2 aromatic rings. The van der Waals surface area contributed by atoms with Gasteiger partial charge in [-0.15, -0.1) is 0 Å². The summed E-state index contributed by atoms with van der Waals surface area (Å²) >= 11 is 1.42. The molecule has 1 atom stereocenters. The monoisotopic (exact) mass is 300 g/mol. The number of aromatic nitrogens is 4. The van der Waals surface area contributed by atoms with E-state index in [1.165, 1.54) is 18.1 Å². The van der Waals surface area contributed by atoms with E-state index in [2.05, 4.69) is 30.2 Å². The zero-order valence-corrected chi connectivity index (χ0v) is 11.8. The predicted molar refractivity (Wildman–Crippen MR) is 78.7 cm³/mol. The summed E-state index contributed by atoms with van der Waals surface area (Å²) < 4.78 is 0. The Labute approximate surface area is 125 Å². The van der Waals surface area contributed by atoms with Crippen LogP contribution in [0.2, 0.25) is 0 Å². The maximum atomic E-state index is 12.1. The van der Waals surface area contributed by atoms with Crippen LogP contribution >= 0.6 is 11.8 Å². The lowest BCUT2D eigenvalue weighted by molar-refractivity contribution is -0.120. The Morgan fingerprint density at radius 1 is 1.29 bits per heavy atom. The van der Waals surface area contributed by atoms with Crippen LogP contribution in [0.3, 0.4) is 0 Å². The van der Waals surface area contributed by atoms with Crippen LogP contribution < -0.4 is 5.32 Å². The van der Waals surface area contributed by atoms with E-state index in [1.54, 1.807) is 30.9 Å². The second-order valence-electron chi connectivity index (χ2n) is 4.26. The summed E-state index contributed by atoms with van der Waals surface area (Å²) in [5, 5.41) is 3.39. The van der Waals surface area contributed by atoms with Crippen molar-refractivity contribution in [2.45, 2.75) is 11.8 Å². The van der Waals surface area contributed by atoms with Gasteiger partial charge < -0.3 is 5.32 Å². The molecule has 0 aliphatic carbocycles. The Kier molecular flexibility index (Phi) is 4.15. The summed E-state index contributed by atoms with van der Waals surface area (Å²) in [5.74, 6) is 0.523. The van der Waals surface area contributed by atoms with E-state index in [9.17, 15) is 4.79 Å². The number of nitrogens with zero attached hydrogens (tertiary/aromatic N) is 5. The minimum absolute atomic E-state index is 0.0666. The largest absolute Gasteiger partial charge is 0.348 e. The van der Waals surface area contributed by atoms with Crippen LogP contribution in [0.4, 0.5) is 0 Å².